The van der Waals surface area contributed by atoms with E-state index in [2.05, 4.69) is 35.0 Å². The third-order valence-electron chi connectivity index (χ3n) is 2.63. The largest absolute Gasteiger partial charge is 0.409 e. The Morgan fingerprint density at radius 2 is 2.35 bits per heavy atom. The molecule has 1 aromatic heterocycles. The van der Waals surface area contributed by atoms with Crippen LogP contribution in [-0.4, -0.2) is 40.1 Å². The van der Waals surface area contributed by atoms with E-state index in [0.29, 0.717) is 12.6 Å². The topological polar surface area (TPSA) is 74.7 Å². The Kier molecular flexibility index (Phi) is 5.42. The average molecular weight is 236 g/mol. The summed E-state index contributed by atoms with van der Waals surface area (Å²) in [5.74, 6) is 0.241. The Morgan fingerprint density at radius 3 is 2.88 bits per heavy atom. The van der Waals surface area contributed by atoms with E-state index in [1.54, 1.807) is 6.20 Å². The summed E-state index contributed by atoms with van der Waals surface area (Å²) in [4.78, 5) is 6.23. The zero-order valence-electron chi connectivity index (χ0n) is 10.4. The van der Waals surface area contributed by atoms with Gasteiger partial charge in [-0.05, 0) is 31.9 Å². The second-order valence-corrected chi connectivity index (χ2v) is 4.27. The van der Waals surface area contributed by atoms with E-state index < -0.39 is 0 Å². The van der Waals surface area contributed by atoms with Gasteiger partial charge in [-0.3, -0.25) is 9.88 Å². The van der Waals surface area contributed by atoms with Crippen molar-refractivity contribution in [1.29, 1.82) is 0 Å². The molecule has 5 heteroatoms. The number of hydrogen-bond acceptors (Lipinski definition) is 4. The fourth-order valence-electron chi connectivity index (χ4n) is 1.58. The Labute approximate surface area is 102 Å². The number of pyridine rings is 1. The third-order valence-corrected chi connectivity index (χ3v) is 2.63. The first-order chi connectivity index (χ1) is 8.13. The molecule has 3 N–H and O–H groups in total. The highest BCUT2D eigenvalue weighted by Gasteiger charge is 2.11. The molecule has 0 radical (unpaired) electrons. The number of oxime groups is 1. The average Bonchev–Trinajstić information content (AvgIpc) is 2.35. The van der Waals surface area contributed by atoms with Crippen LogP contribution in [0.1, 0.15) is 19.4 Å². The van der Waals surface area contributed by atoms with Gasteiger partial charge in [0.2, 0.25) is 0 Å². The van der Waals surface area contributed by atoms with Crippen molar-refractivity contribution in [3.63, 3.8) is 0 Å². The van der Waals surface area contributed by atoms with Crippen molar-refractivity contribution in [1.82, 2.24) is 9.88 Å². The zero-order valence-corrected chi connectivity index (χ0v) is 10.4. The third kappa shape index (κ3) is 4.82. The summed E-state index contributed by atoms with van der Waals surface area (Å²) in [6.45, 7) is 5.52. The van der Waals surface area contributed by atoms with Crippen LogP contribution in [0.2, 0.25) is 0 Å². The van der Waals surface area contributed by atoms with Crippen LogP contribution in [0.3, 0.4) is 0 Å². The summed E-state index contributed by atoms with van der Waals surface area (Å²) in [6.07, 6.45) is 4.53. The van der Waals surface area contributed by atoms with Crippen LogP contribution >= 0.6 is 0 Å². The fourth-order valence-corrected chi connectivity index (χ4v) is 1.58. The molecule has 1 rings (SSSR count). The molecule has 0 spiro atoms. The van der Waals surface area contributed by atoms with E-state index in [-0.39, 0.29) is 5.84 Å². The minimum absolute atomic E-state index is 0.241. The fraction of sp³-hybridized carbons (Fsp3) is 0.500. The van der Waals surface area contributed by atoms with Crippen molar-refractivity contribution < 1.29 is 5.21 Å². The molecule has 0 fully saturated rings. The van der Waals surface area contributed by atoms with E-state index in [0.717, 1.165) is 13.0 Å². The number of nitrogens with zero attached hydrogens (tertiary/aromatic N) is 3. The van der Waals surface area contributed by atoms with E-state index >= 15 is 0 Å². The summed E-state index contributed by atoms with van der Waals surface area (Å²) in [7, 11) is 0. The maximum absolute atomic E-state index is 8.58. The van der Waals surface area contributed by atoms with E-state index in [4.69, 9.17) is 10.9 Å². The lowest BCUT2D eigenvalue weighted by molar-refractivity contribution is 0.249. The number of nitrogens with two attached hydrogens (primary N) is 1. The van der Waals surface area contributed by atoms with Gasteiger partial charge >= 0.3 is 0 Å². The standard InChI is InChI=1S/C12H20N4O/c1-10(2)16(9-12(13)15-17)7-5-11-4-3-6-14-8-11/h3-4,6,8,10,17H,5,7,9H2,1-2H3,(H2,13,15). The van der Waals surface area contributed by atoms with Crippen LogP contribution in [0.25, 0.3) is 0 Å². The van der Waals surface area contributed by atoms with Gasteiger partial charge in [-0.2, -0.15) is 0 Å². The number of amidine groups is 1. The quantitative estimate of drug-likeness (QED) is 0.335. The first-order valence-electron chi connectivity index (χ1n) is 5.73. The summed E-state index contributed by atoms with van der Waals surface area (Å²) in [5.41, 5.74) is 6.72. The normalized spacial score (nSPS) is 12.4. The Balaban J connectivity index is 2.50. The van der Waals surface area contributed by atoms with Crippen molar-refractivity contribution in [2.45, 2.75) is 26.3 Å². The summed E-state index contributed by atoms with van der Waals surface area (Å²) >= 11 is 0. The van der Waals surface area contributed by atoms with Gasteiger partial charge in [0, 0.05) is 25.0 Å². The molecular weight excluding hydrogens is 216 g/mol. The van der Waals surface area contributed by atoms with Gasteiger partial charge in [0.1, 0.15) is 0 Å². The van der Waals surface area contributed by atoms with Gasteiger partial charge in [0.15, 0.2) is 5.84 Å². The van der Waals surface area contributed by atoms with Crippen molar-refractivity contribution in [3.05, 3.63) is 30.1 Å². The molecular formula is C12H20N4O. The number of hydrogen-bond donors (Lipinski definition) is 2. The zero-order chi connectivity index (χ0) is 12.7. The Hall–Kier alpha value is -1.62. The molecule has 0 aliphatic carbocycles. The van der Waals surface area contributed by atoms with E-state index in [9.17, 15) is 0 Å². The molecule has 0 saturated heterocycles. The highest BCUT2D eigenvalue weighted by molar-refractivity contribution is 5.81. The highest BCUT2D eigenvalue weighted by Crippen LogP contribution is 2.03. The van der Waals surface area contributed by atoms with Crippen LogP contribution < -0.4 is 5.73 Å². The molecule has 0 saturated carbocycles. The van der Waals surface area contributed by atoms with Gasteiger partial charge in [0.25, 0.3) is 0 Å². The summed E-state index contributed by atoms with van der Waals surface area (Å²) < 4.78 is 0. The molecule has 1 heterocycles. The van der Waals surface area contributed by atoms with Crippen molar-refractivity contribution in [3.8, 4) is 0 Å². The van der Waals surface area contributed by atoms with Crippen LogP contribution in [-0.2, 0) is 6.42 Å². The van der Waals surface area contributed by atoms with Crippen LogP contribution in [0.5, 0.6) is 0 Å². The van der Waals surface area contributed by atoms with Crippen LogP contribution in [0.15, 0.2) is 29.7 Å². The molecule has 0 unspecified atom stereocenters. The van der Waals surface area contributed by atoms with Gasteiger partial charge in [0.05, 0.1) is 6.54 Å². The predicted molar refractivity (Wildman–Crippen MR) is 68.1 cm³/mol. The van der Waals surface area contributed by atoms with E-state index in [1.165, 1.54) is 5.56 Å². The van der Waals surface area contributed by atoms with Crippen molar-refractivity contribution in [2.75, 3.05) is 13.1 Å². The Morgan fingerprint density at radius 1 is 1.59 bits per heavy atom. The van der Waals surface area contributed by atoms with Gasteiger partial charge in [-0.25, -0.2) is 0 Å². The lowest BCUT2D eigenvalue weighted by Crippen LogP contribution is -2.39. The maximum atomic E-state index is 8.58. The molecule has 5 nitrogen and oxygen atoms in total. The highest BCUT2D eigenvalue weighted by atomic mass is 16.4. The van der Waals surface area contributed by atoms with Crippen molar-refractivity contribution >= 4 is 5.84 Å². The molecule has 17 heavy (non-hydrogen) atoms. The first kappa shape index (κ1) is 13.4. The minimum Gasteiger partial charge on any atom is -0.409 e. The van der Waals surface area contributed by atoms with Gasteiger partial charge < -0.3 is 10.9 Å². The predicted octanol–water partition coefficient (Wildman–Crippen LogP) is 1.08. The second kappa shape index (κ2) is 6.85. The molecule has 1 aromatic rings. The molecule has 94 valence electrons. The lowest BCUT2D eigenvalue weighted by Gasteiger charge is -2.25. The Bertz CT molecular complexity index is 351. The lowest BCUT2D eigenvalue weighted by atomic mass is 10.2. The van der Waals surface area contributed by atoms with E-state index in [1.807, 2.05) is 12.3 Å². The van der Waals surface area contributed by atoms with Crippen LogP contribution in [0.4, 0.5) is 0 Å². The molecule has 0 aliphatic heterocycles. The summed E-state index contributed by atoms with van der Waals surface area (Å²) in [6, 6.07) is 4.33. The van der Waals surface area contributed by atoms with Crippen molar-refractivity contribution in [2.24, 2.45) is 10.9 Å². The second-order valence-electron chi connectivity index (χ2n) is 4.27. The molecule has 0 aromatic carbocycles. The maximum Gasteiger partial charge on any atom is 0.153 e. The minimum atomic E-state index is 0.241. The number of aromatic nitrogens is 1. The molecule has 0 aliphatic rings. The van der Waals surface area contributed by atoms with Gasteiger partial charge in [-0.15, -0.1) is 0 Å². The summed E-state index contributed by atoms with van der Waals surface area (Å²) in [5, 5.41) is 11.6. The molecule has 0 atom stereocenters. The first-order valence-corrected chi connectivity index (χ1v) is 5.73. The smallest absolute Gasteiger partial charge is 0.153 e. The molecule has 0 bridgehead atoms. The SMILES string of the molecule is CC(C)N(CCc1cccnc1)CC(N)=NO. The van der Waals surface area contributed by atoms with Gasteiger partial charge in [-0.1, -0.05) is 11.2 Å². The number of rotatable bonds is 6. The monoisotopic (exact) mass is 236 g/mol. The van der Waals surface area contributed by atoms with Crippen LogP contribution in [0, 0.1) is 0 Å². The molecule has 0 amide bonds.